The number of ether oxygens (including phenoxy) is 1. The average Bonchev–Trinajstić information content (AvgIpc) is 2.87. The summed E-state index contributed by atoms with van der Waals surface area (Å²) < 4.78 is 19.9. The van der Waals surface area contributed by atoms with Gasteiger partial charge in [0.1, 0.15) is 17.6 Å². The lowest BCUT2D eigenvalue weighted by Gasteiger charge is -2.34. The first kappa shape index (κ1) is 26.6. The zero-order valence-electron chi connectivity index (χ0n) is 21.5. The number of piperidine rings is 2. The third kappa shape index (κ3) is 7.28. The molecule has 2 aliphatic heterocycles. The molecule has 3 N–H and O–H groups in total. The molecule has 0 radical (unpaired) electrons. The Balaban J connectivity index is 1.26. The van der Waals surface area contributed by atoms with Crippen molar-refractivity contribution in [1.29, 1.82) is 0 Å². The standard InChI is InChI=1S/C29H40FN3O3/c1-29(2,30)20-32-16-13-21(14-17-32)19-36-26-11-9-23(10-12-26)22-5-7-24(8-6-22)28(35)33-15-3-4-25(18-33)27(31)34/h5-12,21,25,28,35H,3-4,13-20H2,1-2H3,(H2,31,34). The normalized spacial score (nSPS) is 21.3. The number of alkyl halides is 1. The second kappa shape index (κ2) is 11.7. The summed E-state index contributed by atoms with van der Waals surface area (Å²) in [6.07, 6.45) is 2.97. The maximum Gasteiger partial charge on any atom is 0.221 e. The van der Waals surface area contributed by atoms with Crippen molar-refractivity contribution in [3.05, 3.63) is 54.1 Å². The van der Waals surface area contributed by atoms with Gasteiger partial charge in [0.2, 0.25) is 5.91 Å². The van der Waals surface area contributed by atoms with E-state index in [1.54, 1.807) is 13.8 Å². The predicted molar refractivity (Wildman–Crippen MR) is 140 cm³/mol. The number of amides is 1. The Hall–Kier alpha value is -2.48. The smallest absolute Gasteiger partial charge is 0.221 e. The molecule has 2 saturated heterocycles. The average molecular weight is 498 g/mol. The number of nitrogens with two attached hydrogens (primary N) is 1. The molecule has 2 unspecified atom stereocenters. The maximum atomic E-state index is 13.9. The van der Waals surface area contributed by atoms with Crippen molar-refractivity contribution in [2.24, 2.45) is 17.6 Å². The molecule has 36 heavy (non-hydrogen) atoms. The quantitative estimate of drug-likeness (QED) is 0.538. The van der Waals surface area contributed by atoms with Crippen LogP contribution in [0.5, 0.6) is 5.75 Å². The highest BCUT2D eigenvalue weighted by Gasteiger charge is 2.28. The number of benzene rings is 2. The lowest BCUT2D eigenvalue weighted by Crippen LogP contribution is -2.42. The SMILES string of the molecule is CC(C)(F)CN1CCC(COc2ccc(-c3ccc(C(O)N4CCCC(C(N)=O)C4)cc3)cc2)CC1. The fourth-order valence-electron chi connectivity index (χ4n) is 5.32. The van der Waals surface area contributed by atoms with Crippen LogP contribution >= 0.6 is 0 Å². The van der Waals surface area contributed by atoms with Crippen LogP contribution < -0.4 is 10.5 Å². The van der Waals surface area contributed by atoms with Crippen LogP contribution in [-0.2, 0) is 4.79 Å². The molecule has 0 aromatic heterocycles. The monoisotopic (exact) mass is 497 g/mol. The number of nitrogens with zero attached hydrogens (tertiary/aromatic N) is 2. The highest BCUT2D eigenvalue weighted by molar-refractivity contribution is 5.77. The van der Waals surface area contributed by atoms with Crippen LogP contribution in [0, 0.1) is 11.8 Å². The van der Waals surface area contributed by atoms with Crippen molar-refractivity contribution in [3.8, 4) is 16.9 Å². The Bertz CT molecular complexity index is 982. The van der Waals surface area contributed by atoms with E-state index in [4.69, 9.17) is 10.5 Å². The molecule has 2 fully saturated rings. The van der Waals surface area contributed by atoms with Crippen molar-refractivity contribution < 1.29 is 19.0 Å². The van der Waals surface area contributed by atoms with E-state index < -0.39 is 11.9 Å². The third-order valence-electron chi connectivity index (χ3n) is 7.39. The van der Waals surface area contributed by atoms with Crippen LogP contribution in [0.1, 0.15) is 51.3 Å². The molecule has 2 aromatic rings. The molecule has 0 bridgehead atoms. The fraction of sp³-hybridized carbons (Fsp3) is 0.552. The van der Waals surface area contributed by atoms with Gasteiger partial charge in [0, 0.05) is 19.6 Å². The molecule has 0 spiro atoms. The number of aliphatic hydroxyl groups excluding tert-OH is 1. The lowest BCUT2D eigenvalue weighted by molar-refractivity contribution is -0.125. The Labute approximate surface area is 214 Å². The van der Waals surface area contributed by atoms with Gasteiger partial charge in [-0.05, 0) is 87.4 Å². The summed E-state index contributed by atoms with van der Waals surface area (Å²) in [7, 11) is 0. The zero-order chi connectivity index (χ0) is 25.7. The largest absolute Gasteiger partial charge is 0.493 e. The number of aliphatic hydroxyl groups is 1. The van der Waals surface area contributed by atoms with Crippen LogP contribution in [0.2, 0.25) is 0 Å². The maximum absolute atomic E-state index is 13.9. The number of carbonyl (C=O) groups is 1. The minimum absolute atomic E-state index is 0.199. The van der Waals surface area contributed by atoms with Crippen molar-refractivity contribution in [2.75, 3.05) is 39.3 Å². The Morgan fingerprint density at radius 2 is 1.67 bits per heavy atom. The van der Waals surface area contributed by atoms with E-state index in [1.165, 1.54) is 0 Å². The van der Waals surface area contributed by atoms with Gasteiger partial charge in [-0.15, -0.1) is 0 Å². The third-order valence-corrected chi connectivity index (χ3v) is 7.39. The van der Waals surface area contributed by atoms with E-state index in [0.29, 0.717) is 25.6 Å². The van der Waals surface area contributed by atoms with Gasteiger partial charge in [0.25, 0.3) is 0 Å². The van der Waals surface area contributed by atoms with Gasteiger partial charge in [0.05, 0.1) is 12.5 Å². The Kier molecular flexibility index (Phi) is 8.65. The first-order chi connectivity index (χ1) is 17.2. The molecular formula is C29H40FN3O3. The number of primary amides is 1. The Morgan fingerprint density at radius 1 is 1.06 bits per heavy atom. The van der Waals surface area contributed by atoms with Crippen LogP contribution in [0.15, 0.2) is 48.5 Å². The number of hydrogen-bond donors (Lipinski definition) is 2. The molecule has 2 aliphatic rings. The fourth-order valence-corrected chi connectivity index (χ4v) is 5.32. The van der Waals surface area contributed by atoms with Crippen LogP contribution in [0.3, 0.4) is 0 Å². The van der Waals surface area contributed by atoms with Gasteiger partial charge in [0.15, 0.2) is 0 Å². The highest BCUT2D eigenvalue weighted by Crippen LogP contribution is 2.29. The van der Waals surface area contributed by atoms with Crippen LogP contribution in [0.4, 0.5) is 4.39 Å². The van der Waals surface area contributed by atoms with Crippen molar-refractivity contribution in [2.45, 2.75) is 51.4 Å². The molecule has 2 heterocycles. The van der Waals surface area contributed by atoms with Crippen LogP contribution in [0.25, 0.3) is 11.1 Å². The van der Waals surface area contributed by atoms with Gasteiger partial charge < -0.3 is 20.5 Å². The number of likely N-dealkylation sites (tertiary alicyclic amines) is 2. The summed E-state index contributed by atoms with van der Waals surface area (Å²) in [6.45, 7) is 7.56. The summed E-state index contributed by atoms with van der Waals surface area (Å²) in [5.74, 6) is 0.862. The van der Waals surface area contributed by atoms with E-state index in [1.807, 2.05) is 41.3 Å². The summed E-state index contributed by atoms with van der Waals surface area (Å²) in [5, 5.41) is 10.8. The van der Waals surface area contributed by atoms with Crippen molar-refractivity contribution >= 4 is 5.91 Å². The first-order valence-corrected chi connectivity index (χ1v) is 13.1. The minimum Gasteiger partial charge on any atom is -0.493 e. The van der Waals surface area contributed by atoms with Gasteiger partial charge in [-0.25, -0.2) is 4.39 Å². The summed E-state index contributed by atoms with van der Waals surface area (Å²) in [6, 6.07) is 16.0. The van der Waals surface area contributed by atoms with E-state index in [2.05, 4.69) is 17.0 Å². The molecule has 2 aromatic carbocycles. The van der Waals surface area contributed by atoms with Crippen molar-refractivity contribution in [3.63, 3.8) is 0 Å². The second-order valence-corrected chi connectivity index (χ2v) is 11.0. The summed E-state index contributed by atoms with van der Waals surface area (Å²) in [4.78, 5) is 15.7. The zero-order valence-corrected chi connectivity index (χ0v) is 21.5. The lowest BCUT2D eigenvalue weighted by atomic mass is 9.96. The molecule has 0 saturated carbocycles. The number of rotatable bonds is 9. The molecule has 6 nitrogen and oxygen atoms in total. The molecule has 4 rings (SSSR count). The number of carbonyl (C=O) groups excluding carboxylic acids is 1. The second-order valence-electron chi connectivity index (χ2n) is 11.0. The molecule has 196 valence electrons. The van der Waals surface area contributed by atoms with E-state index in [-0.39, 0.29) is 11.8 Å². The van der Waals surface area contributed by atoms with Gasteiger partial charge in [-0.1, -0.05) is 36.4 Å². The van der Waals surface area contributed by atoms with Gasteiger partial charge >= 0.3 is 0 Å². The topological polar surface area (TPSA) is 79.0 Å². The highest BCUT2D eigenvalue weighted by atomic mass is 19.1. The molecule has 2 atom stereocenters. The first-order valence-electron chi connectivity index (χ1n) is 13.1. The van der Waals surface area contributed by atoms with Crippen molar-refractivity contribution in [1.82, 2.24) is 9.80 Å². The predicted octanol–water partition coefficient (Wildman–Crippen LogP) is 4.38. The summed E-state index contributed by atoms with van der Waals surface area (Å²) >= 11 is 0. The Morgan fingerprint density at radius 3 is 2.25 bits per heavy atom. The number of halogens is 1. The number of hydrogen-bond acceptors (Lipinski definition) is 5. The van der Waals surface area contributed by atoms with Crippen LogP contribution in [-0.4, -0.2) is 65.8 Å². The van der Waals surface area contributed by atoms with E-state index >= 15 is 0 Å². The summed E-state index contributed by atoms with van der Waals surface area (Å²) in [5.41, 5.74) is 7.28. The van der Waals surface area contributed by atoms with Gasteiger partial charge in [-0.2, -0.15) is 0 Å². The molecule has 0 aliphatic carbocycles. The molecular weight excluding hydrogens is 457 g/mol. The van der Waals surface area contributed by atoms with Gasteiger partial charge in [-0.3, -0.25) is 9.69 Å². The van der Waals surface area contributed by atoms with E-state index in [9.17, 15) is 14.3 Å². The molecule has 1 amide bonds. The molecule has 7 heteroatoms. The minimum atomic E-state index is -1.14. The van der Waals surface area contributed by atoms with E-state index in [0.717, 1.165) is 67.8 Å².